The summed E-state index contributed by atoms with van der Waals surface area (Å²) >= 11 is 0. The average molecular weight is 193 g/mol. The highest BCUT2D eigenvalue weighted by atomic mass is 15.2. The van der Waals surface area contributed by atoms with Crippen LogP contribution in [0.25, 0.3) is 0 Å². The SMILES string of the molecule is CCCc1cnc(N(C)CCC)nc1. The minimum absolute atomic E-state index is 0.826. The number of rotatable bonds is 5. The minimum atomic E-state index is 0.826. The molecule has 0 saturated carbocycles. The Balaban J connectivity index is 2.62. The maximum absolute atomic E-state index is 4.33. The summed E-state index contributed by atoms with van der Waals surface area (Å²) in [7, 11) is 2.03. The number of aromatic nitrogens is 2. The van der Waals surface area contributed by atoms with Crippen molar-refractivity contribution in [1.29, 1.82) is 0 Å². The van der Waals surface area contributed by atoms with Gasteiger partial charge in [0.25, 0.3) is 0 Å². The Morgan fingerprint density at radius 3 is 2.29 bits per heavy atom. The van der Waals surface area contributed by atoms with Gasteiger partial charge in [-0.2, -0.15) is 0 Å². The molecule has 1 aromatic heterocycles. The van der Waals surface area contributed by atoms with Crippen LogP contribution in [0.15, 0.2) is 12.4 Å². The van der Waals surface area contributed by atoms with Gasteiger partial charge in [-0.25, -0.2) is 9.97 Å². The quantitative estimate of drug-likeness (QED) is 0.718. The summed E-state index contributed by atoms with van der Waals surface area (Å²) in [4.78, 5) is 10.7. The Morgan fingerprint density at radius 2 is 1.79 bits per heavy atom. The lowest BCUT2D eigenvalue weighted by molar-refractivity contribution is 0.811. The second-order valence-corrected chi connectivity index (χ2v) is 3.56. The summed E-state index contributed by atoms with van der Waals surface area (Å²) in [5.74, 6) is 0.826. The fourth-order valence-electron chi connectivity index (χ4n) is 1.40. The Morgan fingerprint density at radius 1 is 1.14 bits per heavy atom. The summed E-state index contributed by atoms with van der Waals surface area (Å²) in [6.07, 6.45) is 7.19. The maximum Gasteiger partial charge on any atom is 0.224 e. The number of hydrogen-bond acceptors (Lipinski definition) is 3. The fourth-order valence-corrected chi connectivity index (χ4v) is 1.40. The van der Waals surface area contributed by atoms with Gasteiger partial charge in [-0.1, -0.05) is 20.3 Å². The van der Waals surface area contributed by atoms with Crippen LogP contribution in [0.4, 0.5) is 5.95 Å². The molecule has 1 aromatic rings. The normalized spacial score (nSPS) is 10.2. The van der Waals surface area contributed by atoms with Gasteiger partial charge in [0.2, 0.25) is 5.95 Å². The smallest absolute Gasteiger partial charge is 0.224 e. The molecule has 0 aliphatic carbocycles. The topological polar surface area (TPSA) is 29.0 Å². The van der Waals surface area contributed by atoms with Gasteiger partial charge in [0.15, 0.2) is 0 Å². The molecule has 0 radical (unpaired) electrons. The first-order valence-electron chi connectivity index (χ1n) is 5.30. The van der Waals surface area contributed by atoms with Gasteiger partial charge in [-0.3, -0.25) is 0 Å². The zero-order chi connectivity index (χ0) is 10.4. The minimum Gasteiger partial charge on any atom is -0.344 e. The molecule has 78 valence electrons. The maximum atomic E-state index is 4.33. The van der Waals surface area contributed by atoms with Crippen LogP contribution >= 0.6 is 0 Å². The van der Waals surface area contributed by atoms with Crippen molar-refractivity contribution in [3.63, 3.8) is 0 Å². The van der Waals surface area contributed by atoms with Gasteiger partial charge in [-0.15, -0.1) is 0 Å². The molecule has 0 atom stereocenters. The van der Waals surface area contributed by atoms with Crippen molar-refractivity contribution >= 4 is 5.95 Å². The van der Waals surface area contributed by atoms with E-state index in [0.717, 1.165) is 31.8 Å². The van der Waals surface area contributed by atoms with Crippen molar-refractivity contribution in [1.82, 2.24) is 9.97 Å². The predicted octanol–water partition coefficient (Wildman–Crippen LogP) is 2.28. The van der Waals surface area contributed by atoms with Crippen molar-refractivity contribution in [2.24, 2.45) is 0 Å². The van der Waals surface area contributed by atoms with Crippen LogP contribution in [0, 0.1) is 0 Å². The molecule has 0 unspecified atom stereocenters. The zero-order valence-corrected chi connectivity index (χ0v) is 9.32. The summed E-state index contributed by atoms with van der Waals surface area (Å²) in [5.41, 5.74) is 1.22. The van der Waals surface area contributed by atoms with Crippen molar-refractivity contribution in [2.45, 2.75) is 33.1 Å². The fraction of sp³-hybridized carbons (Fsp3) is 0.636. The lowest BCUT2D eigenvalue weighted by Crippen LogP contribution is -2.20. The van der Waals surface area contributed by atoms with Gasteiger partial charge in [0, 0.05) is 26.0 Å². The molecule has 3 nitrogen and oxygen atoms in total. The average Bonchev–Trinajstić information content (AvgIpc) is 2.20. The Kier molecular flexibility index (Phi) is 4.36. The van der Waals surface area contributed by atoms with E-state index in [1.165, 1.54) is 5.56 Å². The molecule has 0 aliphatic rings. The third-order valence-electron chi connectivity index (χ3n) is 2.13. The molecule has 1 rings (SSSR count). The Bertz CT molecular complexity index is 256. The van der Waals surface area contributed by atoms with Crippen LogP contribution in [0.1, 0.15) is 32.3 Å². The molecule has 0 spiro atoms. The van der Waals surface area contributed by atoms with Crippen LogP contribution in [0.2, 0.25) is 0 Å². The second kappa shape index (κ2) is 5.58. The van der Waals surface area contributed by atoms with E-state index in [2.05, 4.69) is 28.7 Å². The van der Waals surface area contributed by atoms with Gasteiger partial charge in [0.05, 0.1) is 0 Å². The highest BCUT2D eigenvalue weighted by Crippen LogP contribution is 2.06. The predicted molar refractivity (Wildman–Crippen MR) is 59.6 cm³/mol. The van der Waals surface area contributed by atoms with E-state index in [1.807, 2.05) is 19.4 Å². The Labute approximate surface area is 86.2 Å². The number of nitrogens with zero attached hydrogens (tertiary/aromatic N) is 3. The number of aryl methyl sites for hydroxylation is 1. The van der Waals surface area contributed by atoms with Crippen LogP contribution in [-0.2, 0) is 6.42 Å². The van der Waals surface area contributed by atoms with Gasteiger partial charge in [-0.05, 0) is 18.4 Å². The number of hydrogen-bond donors (Lipinski definition) is 0. The van der Waals surface area contributed by atoms with E-state index in [-0.39, 0.29) is 0 Å². The number of anilines is 1. The summed E-state index contributed by atoms with van der Waals surface area (Å²) in [6.45, 7) is 5.33. The standard InChI is InChI=1S/C11H19N3/c1-4-6-10-8-12-11(13-9-10)14(3)7-5-2/h8-9H,4-7H2,1-3H3. The summed E-state index contributed by atoms with van der Waals surface area (Å²) in [6, 6.07) is 0. The van der Waals surface area contributed by atoms with Crippen molar-refractivity contribution in [2.75, 3.05) is 18.5 Å². The molecule has 3 heteroatoms. The van der Waals surface area contributed by atoms with Crippen LogP contribution in [0.5, 0.6) is 0 Å². The first-order chi connectivity index (χ1) is 6.77. The van der Waals surface area contributed by atoms with Crippen LogP contribution in [0.3, 0.4) is 0 Å². The van der Waals surface area contributed by atoms with Crippen LogP contribution in [-0.4, -0.2) is 23.6 Å². The molecule has 0 N–H and O–H groups in total. The second-order valence-electron chi connectivity index (χ2n) is 3.56. The molecular formula is C11H19N3. The highest BCUT2D eigenvalue weighted by molar-refractivity contribution is 5.28. The summed E-state index contributed by atoms with van der Waals surface area (Å²) in [5, 5.41) is 0. The van der Waals surface area contributed by atoms with E-state index in [9.17, 15) is 0 Å². The zero-order valence-electron chi connectivity index (χ0n) is 9.32. The van der Waals surface area contributed by atoms with Crippen molar-refractivity contribution in [3.05, 3.63) is 18.0 Å². The highest BCUT2D eigenvalue weighted by Gasteiger charge is 2.01. The Hall–Kier alpha value is -1.12. The van der Waals surface area contributed by atoms with Crippen LogP contribution < -0.4 is 4.90 Å². The lowest BCUT2D eigenvalue weighted by Gasteiger charge is -2.15. The molecule has 1 heterocycles. The molecular weight excluding hydrogens is 174 g/mol. The van der Waals surface area contributed by atoms with Gasteiger partial charge in [0.1, 0.15) is 0 Å². The molecule has 0 aliphatic heterocycles. The monoisotopic (exact) mass is 193 g/mol. The molecule has 0 fully saturated rings. The summed E-state index contributed by atoms with van der Waals surface area (Å²) < 4.78 is 0. The molecule has 0 saturated heterocycles. The first kappa shape index (κ1) is 11.0. The largest absolute Gasteiger partial charge is 0.344 e. The molecule has 0 bridgehead atoms. The third kappa shape index (κ3) is 2.98. The molecule has 0 aromatic carbocycles. The lowest BCUT2D eigenvalue weighted by atomic mass is 10.2. The van der Waals surface area contributed by atoms with Gasteiger partial charge < -0.3 is 4.90 Å². The van der Waals surface area contributed by atoms with E-state index in [1.54, 1.807) is 0 Å². The first-order valence-corrected chi connectivity index (χ1v) is 5.30. The molecule has 0 amide bonds. The molecule has 14 heavy (non-hydrogen) atoms. The van der Waals surface area contributed by atoms with Gasteiger partial charge >= 0.3 is 0 Å². The van der Waals surface area contributed by atoms with Crippen molar-refractivity contribution in [3.8, 4) is 0 Å². The van der Waals surface area contributed by atoms with Crippen molar-refractivity contribution < 1.29 is 0 Å². The van der Waals surface area contributed by atoms with E-state index in [4.69, 9.17) is 0 Å². The third-order valence-corrected chi connectivity index (χ3v) is 2.13. The van der Waals surface area contributed by atoms with E-state index in [0.29, 0.717) is 0 Å². The van der Waals surface area contributed by atoms with E-state index < -0.39 is 0 Å². The van der Waals surface area contributed by atoms with E-state index >= 15 is 0 Å².